The number of carbonyl (C=O) groups excluding carboxylic acids is 3. The standard InChI is InChI=1S/C29H28N2O10/c1-31(2)22-21-24(34)18-13(8-11-6-7-15-16(9-11)41-10-40-15)12-4-3-5-14(32)17(12)23(33)19(18)26(36)29(21,39)27(37)20(25(22)35)28(30)38/h3-7,9,13,18,21-22,24,32,34-36,39H,8,10H2,1-2H3,(H2,30,38). The number of aliphatic hydroxyl groups is 4. The Morgan fingerprint density at radius 1 is 1.10 bits per heavy atom. The number of fused-ring (bicyclic) bond motifs is 4. The van der Waals surface area contributed by atoms with E-state index in [9.17, 15) is 39.9 Å². The first-order chi connectivity index (χ1) is 19.4. The third-order valence-corrected chi connectivity index (χ3v) is 8.69. The van der Waals surface area contributed by atoms with Crippen LogP contribution >= 0.6 is 0 Å². The number of phenols is 1. The molecule has 214 valence electrons. The van der Waals surface area contributed by atoms with Gasteiger partial charge in [0.25, 0.3) is 5.91 Å². The molecule has 0 fully saturated rings. The number of Topliss-reactive ketones (excluding diaryl/α,β-unsaturated/α-hetero) is 2. The van der Waals surface area contributed by atoms with Crippen LogP contribution in [-0.4, -0.2) is 86.5 Å². The average Bonchev–Trinajstić information content (AvgIpc) is 3.38. The van der Waals surface area contributed by atoms with Crippen LogP contribution in [0.1, 0.15) is 27.4 Å². The van der Waals surface area contributed by atoms with E-state index in [-0.39, 0.29) is 24.5 Å². The van der Waals surface area contributed by atoms with E-state index < -0.39 is 75.6 Å². The Kier molecular flexibility index (Phi) is 5.93. The number of phenolic OH excluding ortho intramolecular Hbond substituents is 1. The summed E-state index contributed by atoms with van der Waals surface area (Å²) < 4.78 is 10.9. The number of rotatable bonds is 4. The maximum Gasteiger partial charge on any atom is 0.255 e. The van der Waals surface area contributed by atoms with E-state index in [4.69, 9.17) is 15.2 Å². The SMILES string of the molecule is CN(C)C1C(O)=C(C(N)=O)C(=O)C2(O)C(O)=C3C(=O)c4c(O)cccc4C(Cc4ccc5c(c4)OCO5)C3C(O)C12. The molecule has 7 N–H and O–H groups in total. The molecule has 2 aromatic rings. The van der Waals surface area contributed by atoms with Gasteiger partial charge in [-0.25, -0.2) is 0 Å². The summed E-state index contributed by atoms with van der Waals surface area (Å²) in [5.41, 5.74) is 1.95. The number of nitrogens with two attached hydrogens (primary N) is 1. The Bertz CT molecular complexity index is 1590. The molecule has 0 aromatic heterocycles. The molecule has 1 aliphatic heterocycles. The Morgan fingerprint density at radius 2 is 1.80 bits per heavy atom. The number of likely N-dealkylation sites (N-methyl/N-ethyl adjacent to an activating group) is 1. The van der Waals surface area contributed by atoms with Crippen LogP contribution in [0, 0.1) is 11.8 Å². The number of primary amides is 1. The zero-order chi connectivity index (χ0) is 29.5. The van der Waals surface area contributed by atoms with Gasteiger partial charge >= 0.3 is 0 Å². The summed E-state index contributed by atoms with van der Waals surface area (Å²) in [5, 5.41) is 57.2. The van der Waals surface area contributed by atoms with Crippen molar-refractivity contribution < 1.29 is 49.4 Å². The van der Waals surface area contributed by atoms with Crippen molar-refractivity contribution >= 4 is 17.5 Å². The fourth-order valence-corrected chi connectivity index (χ4v) is 6.96. The molecule has 6 atom stereocenters. The van der Waals surface area contributed by atoms with Crippen LogP contribution in [0.5, 0.6) is 17.2 Å². The van der Waals surface area contributed by atoms with E-state index in [1.807, 2.05) is 0 Å². The van der Waals surface area contributed by atoms with Gasteiger partial charge in [-0.2, -0.15) is 0 Å². The maximum atomic E-state index is 13.9. The highest BCUT2D eigenvalue weighted by Gasteiger charge is 2.67. The van der Waals surface area contributed by atoms with E-state index in [2.05, 4.69) is 0 Å². The molecule has 41 heavy (non-hydrogen) atoms. The molecular formula is C29H28N2O10. The number of hydrogen-bond acceptors (Lipinski definition) is 11. The molecule has 0 saturated carbocycles. The third kappa shape index (κ3) is 3.54. The minimum Gasteiger partial charge on any atom is -0.510 e. The monoisotopic (exact) mass is 564 g/mol. The number of amides is 1. The summed E-state index contributed by atoms with van der Waals surface area (Å²) >= 11 is 0. The first-order valence-electron chi connectivity index (χ1n) is 12.9. The fourth-order valence-electron chi connectivity index (χ4n) is 6.96. The van der Waals surface area contributed by atoms with E-state index in [0.717, 1.165) is 5.56 Å². The second-order valence-electron chi connectivity index (χ2n) is 11.0. The lowest BCUT2D eigenvalue weighted by Gasteiger charge is -2.53. The lowest BCUT2D eigenvalue weighted by atomic mass is 9.54. The Labute approximate surface area is 233 Å². The van der Waals surface area contributed by atoms with Gasteiger partial charge in [-0.05, 0) is 55.8 Å². The summed E-state index contributed by atoms with van der Waals surface area (Å²) in [5.74, 6) is -8.37. The maximum absolute atomic E-state index is 13.9. The van der Waals surface area contributed by atoms with Gasteiger partial charge in [-0.15, -0.1) is 0 Å². The van der Waals surface area contributed by atoms with Gasteiger partial charge in [0.1, 0.15) is 22.8 Å². The summed E-state index contributed by atoms with van der Waals surface area (Å²) in [6, 6.07) is 8.38. The van der Waals surface area contributed by atoms with Crippen LogP contribution < -0.4 is 15.2 Å². The van der Waals surface area contributed by atoms with Crippen molar-refractivity contribution in [3.8, 4) is 17.2 Å². The number of ketones is 2. The molecule has 12 nitrogen and oxygen atoms in total. The molecule has 4 aliphatic rings. The van der Waals surface area contributed by atoms with E-state index in [1.165, 1.54) is 25.1 Å². The number of nitrogens with zero attached hydrogens (tertiary/aromatic N) is 1. The highest BCUT2D eigenvalue weighted by atomic mass is 16.7. The molecule has 1 amide bonds. The zero-order valence-electron chi connectivity index (χ0n) is 22.1. The van der Waals surface area contributed by atoms with Crippen molar-refractivity contribution in [3.63, 3.8) is 0 Å². The topological polar surface area (TPSA) is 200 Å². The van der Waals surface area contributed by atoms with Gasteiger partial charge < -0.3 is 40.7 Å². The van der Waals surface area contributed by atoms with Crippen LogP contribution in [-0.2, 0) is 16.0 Å². The molecule has 6 rings (SSSR count). The Balaban J connectivity index is 1.59. The summed E-state index contributed by atoms with van der Waals surface area (Å²) in [6.45, 7) is 0.0556. The van der Waals surface area contributed by atoms with Crippen LogP contribution in [0.25, 0.3) is 0 Å². The van der Waals surface area contributed by atoms with Gasteiger partial charge in [0.15, 0.2) is 22.9 Å². The molecule has 2 aromatic carbocycles. The lowest BCUT2D eigenvalue weighted by molar-refractivity contribution is -0.162. The fraction of sp³-hybridized carbons (Fsp3) is 0.345. The number of aliphatic hydroxyl groups excluding tert-OH is 3. The van der Waals surface area contributed by atoms with Gasteiger partial charge in [-0.3, -0.25) is 19.3 Å². The number of aromatic hydroxyl groups is 1. The van der Waals surface area contributed by atoms with Crippen molar-refractivity contribution in [1.82, 2.24) is 4.90 Å². The van der Waals surface area contributed by atoms with Gasteiger partial charge in [0.2, 0.25) is 12.6 Å². The molecule has 0 bridgehead atoms. The van der Waals surface area contributed by atoms with Crippen molar-refractivity contribution in [2.75, 3.05) is 20.9 Å². The zero-order valence-corrected chi connectivity index (χ0v) is 22.1. The number of carbonyl (C=O) groups is 3. The predicted molar refractivity (Wildman–Crippen MR) is 140 cm³/mol. The Hall–Kier alpha value is -4.39. The predicted octanol–water partition coefficient (Wildman–Crippen LogP) is 0.604. The molecule has 0 saturated heterocycles. The van der Waals surface area contributed by atoms with Crippen LogP contribution in [0.2, 0.25) is 0 Å². The smallest absolute Gasteiger partial charge is 0.255 e. The minimum atomic E-state index is -2.97. The van der Waals surface area contributed by atoms with Gasteiger partial charge in [-0.1, -0.05) is 18.2 Å². The highest BCUT2D eigenvalue weighted by molar-refractivity contribution is 6.25. The third-order valence-electron chi connectivity index (χ3n) is 8.69. The number of hydrogen-bond donors (Lipinski definition) is 6. The van der Waals surface area contributed by atoms with Crippen LogP contribution in [0.3, 0.4) is 0 Å². The molecule has 1 heterocycles. The summed E-state index contributed by atoms with van der Waals surface area (Å²) in [4.78, 5) is 41.0. The first-order valence-corrected chi connectivity index (χ1v) is 12.9. The van der Waals surface area contributed by atoms with Crippen molar-refractivity contribution in [1.29, 1.82) is 0 Å². The Morgan fingerprint density at radius 3 is 2.49 bits per heavy atom. The molecular weight excluding hydrogens is 536 g/mol. The van der Waals surface area contributed by atoms with Gasteiger partial charge in [0, 0.05) is 11.5 Å². The summed E-state index contributed by atoms with van der Waals surface area (Å²) in [7, 11) is 2.98. The van der Waals surface area contributed by atoms with E-state index >= 15 is 0 Å². The van der Waals surface area contributed by atoms with Gasteiger partial charge in [0.05, 0.1) is 23.6 Å². The second kappa shape index (κ2) is 9.06. The van der Waals surface area contributed by atoms with Crippen LogP contribution in [0.15, 0.2) is 59.1 Å². The molecule has 0 radical (unpaired) electrons. The first kappa shape index (κ1) is 26.8. The van der Waals surface area contributed by atoms with Crippen molar-refractivity contribution in [3.05, 3.63) is 75.8 Å². The lowest BCUT2D eigenvalue weighted by Crippen LogP contribution is -2.68. The van der Waals surface area contributed by atoms with E-state index in [1.54, 1.807) is 30.3 Å². The minimum absolute atomic E-state index is 0.0556. The second-order valence-corrected chi connectivity index (χ2v) is 11.0. The molecule has 6 unspecified atom stereocenters. The molecule has 0 spiro atoms. The highest BCUT2D eigenvalue weighted by Crippen LogP contribution is 2.56. The average molecular weight is 565 g/mol. The number of ether oxygens (including phenoxy) is 2. The molecule has 12 heteroatoms. The molecule has 3 aliphatic carbocycles. The van der Waals surface area contributed by atoms with E-state index in [0.29, 0.717) is 17.1 Å². The normalized spacial score (nSPS) is 30.3. The summed E-state index contributed by atoms with van der Waals surface area (Å²) in [6.07, 6.45) is -1.52. The van der Waals surface area contributed by atoms with Crippen molar-refractivity contribution in [2.45, 2.75) is 30.1 Å². The largest absolute Gasteiger partial charge is 0.510 e. The van der Waals surface area contributed by atoms with Crippen LogP contribution in [0.4, 0.5) is 0 Å². The number of benzene rings is 2. The quantitative estimate of drug-likeness (QED) is 0.284. The van der Waals surface area contributed by atoms with Crippen molar-refractivity contribution in [2.24, 2.45) is 17.6 Å².